The fourth-order valence-electron chi connectivity index (χ4n) is 4.26. The second-order valence-electron chi connectivity index (χ2n) is 8.60. The lowest BCUT2D eigenvalue weighted by Crippen LogP contribution is -2.44. The van der Waals surface area contributed by atoms with Crippen LogP contribution in [-0.2, 0) is 0 Å². The first kappa shape index (κ1) is 16.3. The molecule has 2 N–H and O–H groups in total. The van der Waals surface area contributed by atoms with E-state index in [-0.39, 0.29) is 0 Å². The van der Waals surface area contributed by atoms with Gasteiger partial charge in [-0.1, -0.05) is 20.8 Å². The molecule has 118 valence electrons. The highest BCUT2D eigenvalue weighted by molar-refractivity contribution is 4.84. The first-order valence-corrected chi connectivity index (χ1v) is 8.84. The second-order valence-corrected chi connectivity index (χ2v) is 8.60. The van der Waals surface area contributed by atoms with Crippen LogP contribution < -0.4 is 5.73 Å². The van der Waals surface area contributed by atoms with Gasteiger partial charge >= 0.3 is 0 Å². The number of nitrogens with two attached hydrogens (primary N) is 1. The highest BCUT2D eigenvalue weighted by atomic mass is 15.1. The highest BCUT2D eigenvalue weighted by Crippen LogP contribution is 2.40. The zero-order valence-corrected chi connectivity index (χ0v) is 14.2. The average molecular weight is 281 g/mol. The summed E-state index contributed by atoms with van der Waals surface area (Å²) in [6.07, 6.45) is 8.47. The monoisotopic (exact) mass is 280 g/mol. The van der Waals surface area contributed by atoms with Crippen LogP contribution in [0.1, 0.15) is 66.2 Å². The standard InChI is InChI=1S/C18H36N2/c1-14(19)16-6-5-11-20(13-16)12-15-7-9-17(10-8-15)18(2,3)4/h14-17H,5-13,19H2,1-4H3. The predicted molar refractivity (Wildman–Crippen MR) is 87.7 cm³/mol. The van der Waals surface area contributed by atoms with Gasteiger partial charge in [-0.25, -0.2) is 0 Å². The molecule has 0 spiro atoms. The third-order valence-electron chi connectivity index (χ3n) is 5.87. The van der Waals surface area contributed by atoms with Crippen LogP contribution in [0.3, 0.4) is 0 Å². The molecule has 2 fully saturated rings. The van der Waals surface area contributed by atoms with Crippen molar-refractivity contribution in [1.29, 1.82) is 0 Å². The summed E-state index contributed by atoms with van der Waals surface area (Å²) < 4.78 is 0. The Morgan fingerprint density at radius 2 is 1.75 bits per heavy atom. The first-order valence-electron chi connectivity index (χ1n) is 8.84. The Morgan fingerprint density at radius 3 is 2.30 bits per heavy atom. The van der Waals surface area contributed by atoms with Crippen molar-refractivity contribution in [1.82, 2.24) is 4.90 Å². The maximum atomic E-state index is 6.10. The van der Waals surface area contributed by atoms with Crippen LogP contribution in [0.2, 0.25) is 0 Å². The lowest BCUT2D eigenvalue weighted by atomic mass is 9.70. The summed E-state index contributed by atoms with van der Waals surface area (Å²) in [7, 11) is 0. The van der Waals surface area contributed by atoms with E-state index >= 15 is 0 Å². The van der Waals surface area contributed by atoms with Gasteiger partial charge in [0.05, 0.1) is 0 Å². The minimum atomic E-state index is 0.370. The topological polar surface area (TPSA) is 29.3 Å². The van der Waals surface area contributed by atoms with Crippen molar-refractivity contribution in [3.8, 4) is 0 Å². The first-order chi connectivity index (χ1) is 9.36. The van der Waals surface area contributed by atoms with Gasteiger partial charge in [-0.2, -0.15) is 0 Å². The Morgan fingerprint density at radius 1 is 1.10 bits per heavy atom. The fourth-order valence-corrected chi connectivity index (χ4v) is 4.26. The normalized spacial score (nSPS) is 35.0. The van der Waals surface area contributed by atoms with Crippen molar-refractivity contribution in [3.63, 3.8) is 0 Å². The molecule has 1 aliphatic heterocycles. The Kier molecular flexibility index (Phi) is 5.53. The van der Waals surface area contributed by atoms with Gasteiger partial charge in [0.15, 0.2) is 0 Å². The van der Waals surface area contributed by atoms with Crippen molar-refractivity contribution in [3.05, 3.63) is 0 Å². The van der Waals surface area contributed by atoms with Crippen LogP contribution in [0.5, 0.6) is 0 Å². The molecule has 20 heavy (non-hydrogen) atoms. The lowest BCUT2D eigenvalue weighted by molar-refractivity contribution is 0.0983. The quantitative estimate of drug-likeness (QED) is 0.849. The van der Waals surface area contributed by atoms with E-state index in [1.165, 1.54) is 58.2 Å². The van der Waals surface area contributed by atoms with E-state index in [9.17, 15) is 0 Å². The van der Waals surface area contributed by atoms with E-state index in [1.807, 2.05) is 0 Å². The molecule has 0 bridgehead atoms. The van der Waals surface area contributed by atoms with E-state index in [0.717, 1.165) is 17.8 Å². The Labute approximate surface area is 126 Å². The van der Waals surface area contributed by atoms with Crippen molar-refractivity contribution in [2.45, 2.75) is 72.3 Å². The van der Waals surface area contributed by atoms with E-state index in [1.54, 1.807) is 0 Å². The molecule has 2 aliphatic rings. The molecule has 2 rings (SSSR count). The summed E-state index contributed by atoms with van der Waals surface area (Å²) in [5.74, 6) is 2.62. The number of nitrogens with zero attached hydrogens (tertiary/aromatic N) is 1. The number of likely N-dealkylation sites (tertiary alicyclic amines) is 1. The van der Waals surface area contributed by atoms with Crippen LogP contribution in [0.4, 0.5) is 0 Å². The molecule has 2 atom stereocenters. The van der Waals surface area contributed by atoms with Gasteiger partial charge in [-0.3, -0.25) is 0 Å². The SMILES string of the molecule is CC(N)C1CCCN(CC2CCC(C(C)(C)C)CC2)C1. The van der Waals surface area contributed by atoms with Crippen molar-refractivity contribution < 1.29 is 0 Å². The molecule has 1 saturated heterocycles. The molecule has 0 radical (unpaired) electrons. The number of hydrogen-bond acceptors (Lipinski definition) is 2. The van der Waals surface area contributed by atoms with Crippen LogP contribution in [0.25, 0.3) is 0 Å². The summed E-state index contributed by atoms with van der Waals surface area (Å²) in [6, 6.07) is 0.370. The fraction of sp³-hybridized carbons (Fsp3) is 1.00. The Balaban J connectivity index is 1.75. The van der Waals surface area contributed by atoms with Gasteiger partial charge in [0.2, 0.25) is 0 Å². The molecule has 0 aromatic carbocycles. The Bertz CT molecular complexity index is 284. The molecule has 1 heterocycles. The molecule has 2 heteroatoms. The molecule has 0 aromatic rings. The van der Waals surface area contributed by atoms with E-state index in [0.29, 0.717) is 11.5 Å². The molecule has 1 aliphatic carbocycles. The average Bonchev–Trinajstić information content (AvgIpc) is 2.38. The van der Waals surface area contributed by atoms with Crippen LogP contribution >= 0.6 is 0 Å². The molecule has 0 amide bonds. The zero-order chi connectivity index (χ0) is 14.8. The Hall–Kier alpha value is -0.0800. The van der Waals surface area contributed by atoms with Crippen LogP contribution in [0, 0.1) is 23.2 Å². The van der Waals surface area contributed by atoms with E-state index < -0.39 is 0 Å². The zero-order valence-electron chi connectivity index (χ0n) is 14.2. The lowest BCUT2D eigenvalue weighted by Gasteiger charge is -2.40. The van der Waals surface area contributed by atoms with Crippen molar-refractivity contribution in [2.75, 3.05) is 19.6 Å². The van der Waals surface area contributed by atoms with E-state index in [2.05, 4.69) is 32.6 Å². The molecular weight excluding hydrogens is 244 g/mol. The van der Waals surface area contributed by atoms with Crippen LogP contribution in [-0.4, -0.2) is 30.6 Å². The maximum absolute atomic E-state index is 6.10. The van der Waals surface area contributed by atoms with Crippen molar-refractivity contribution in [2.24, 2.45) is 28.9 Å². The van der Waals surface area contributed by atoms with Gasteiger partial charge in [0.25, 0.3) is 0 Å². The summed E-state index contributed by atoms with van der Waals surface area (Å²) in [4.78, 5) is 2.71. The molecular formula is C18H36N2. The van der Waals surface area contributed by atoms with Gasteiger partial charge in [-0.05, 0) is 75.2 Å². The van der Waals surface area contributed by atoms with Gasteiger partial charge in [0.1, 0.15) is 0 Å². The van der Waals surface area contributed by atoms with Crippen LogP contribution in [0.15, 0.2) is 0 Å². The smallest absolute Gasteiger partial charge is 0.00509 e. The number of piperidine rings is 1. The number of rotatable bonds is 3. The summed E-state index contributed by atoms with van der Waals surface area (Å²) in [6.45, 7) is 13.3. The number of hydrogen-bond donors (Lipinski definition) is 1. The van der Waals surface area contributed by atoms with Gasteiger partial charge in [0, 0.05) is 19.1 Å². The third kappa shape index (κ3) is 4.46. The molecule has 2 unspecified atom stereocenters. The van der Waals surface area contributed by atoms with Crippen molar-refractivity contribution >= 4 is 0 Å². The largest absolute Gasteiger partial charge is 0.328 e. The van der Waals surface area contributed by atoms with E-state index in [4.69, 9.17) is 5.73 Å². The molecule has 1 saturated carbocycles. The maximum Gasteiger partial charge on any atom is 0.00509 e. The highest BCUT2D eigenvalue weighted by Gasteiger charge is 2.31. The summed E-state index contributed by atoms with van der Waals surface area (Å²) in [5.41, 5.74) is 6.61. The minimum absolute atomic E-state index is 0.370. The molecule has 2 nitrogen and oxygen atoms in total. The minimum Gasteiger partial charge on any atom is -0.328 e. The third-order valence-corrected chi connectivity index (χ3v) is 5.87. The molecule has 0 aromatic heterocycles. The predicted octanol–water partition coefficient (Wildman–Crippen LogP) is 3.90. The van der Waals surface area contributed by atoms with Gasteiger partial charge in [-0.15, -0.1) is 0 Å². The summed E-state index contributed by atoms with van der Waals surface area (Å²) >= 11 is 0. The second kappa shape index (κ2) is 6.79. The van der Waals surface area contributed by atoms with Gasteiger partial charge < -0.3 is 10.6 Å². The summed E-state index contributed by atoms with van der Waals surface area (Å²) in [5, 5.41) is 0.